The van der Waals surface area contributed by atoms with E-state index in [4.69, 9.17) is 23.2 Å². The summed E-state index contributed by atoms with van der Waals surface area (Å²) in [5.41, 5.74) is 0.404. The third kappa shape index (κ3) is 5.38. The molecule has 0 spiro atoms. The molecule has 0 bridgehead atoms. The Morgan fingerprint density at radius 1 is 0.919 bits per heavy atom. The lowest BCUT2D eigenvalue weighted by Gasteiger charge is -2.15. The van der Waals surface area contributed by atoms with Crippen LogP contribution in [0.5, 0.6) is 5.75 Å². The maximum Gasteiger partial charge on any atom is 0.573 e. The average molecular weight is 555 g/mol. The molecule has 0 radical (unpaired) electrons. The molecule has 2 amide bonds. The molecule has 0 saturated heterocycles. The summed E-state index contributed by atoms with van der Waals surface area (Å²) in [5.74, 6) is -2.58. The Morgan fingerprint density at radius 3 is 2.11 bits per heavy atom. The van der Waals surface area contributed by atoms with Crippen LogP contribution < -0.4 is 15.4 Å². The van der Waals surface area contributed by atoms with Gasteiger partial charge in [-0.2, -0.15) is 0 Å². The van der Waals surface area contributed by atoms with Crippen LogP contribution in [-0.4, -0.2) is 23.1 Å². The number of hydrogen-bond acceptors (Lipinski definition) is 3. The van der Waals surface area contributed by atoms with E-state index in [0.29, 0.717) is 11.3 Å². The molecule has 1 saturated carbocycles. The zero-order chi connectivity index (χ0) is 27.2. The number of amides is 2. The van der Waals surface area contributed by atoms with E-state index < -0.39 is 40.2 Å². The summed E-state index contributed by atoms with van der Waals surface area (Å²) in [6, 6.07) is 14.7. The average Bonchev–Trinajstić information content (AvgIpc) is 3.28. The molecular weight excluding hydrogens is 535 g/mol. The summed E-state index contributed by atoms with van der Waals surface area (Å²) in [6.07, 6.45) is -4.82. The zero-order valence-electron chi connectivity index (χ0n) is 19.4. The predicted molar refractivity (Wildman–Crippen MR) is 133 cm³/mol. The Hall–Kier alpha value is -3.30. The molecule has 3 aromatic rings. The molecule has 5 nitrogen and oxygen atoms in total. The lowest BCUT2D eigenvalue weighted by atomic mass is 9.93. The fourth-order valence-electron chi connectivity index (χ4n) is 4.44. The highest BCUT2D eigenvalue weighted by Gasteiger charge is 2.74. The fraction of sp³-hybridized carbons (Fsp3) is 0.231. The van der Waals surface area contributed by atoms with Gasteiger partial charge in [0.2, 0.25) is 5.91 Å². The predicted octanol–water partition coefficient (Wildman–Crippen LogP) is 7.15. The minimum absolute atomic E-state index is 0.0799. The Labute approximate surface area is 219 Å². The maximum absolute atomic E-state index is 13.2. The largest absolute Gasteiger partial charge is 0.573 e. The summed E-state index contributed by atoms with van der Waals surface area (Å²) in [4.78, 5) is 24.9. The van der Waals surface area contributed by atoms with Crippen LogP contribution in [0.3, 0.4) is 0 Å². The fourth-order valence-corrected chi connectivity index (χ4v) is 5.12. The molecular formula is C26H20Cl2F4N2O3. The second kappa shape index (κ2) is 9.54. The van der Waals surface area contributed by atoms with Gasteiger partial charge in [-0.05, 0) is 67.1 Å². The normalized spacial score (nSPS) is 22.8. The monoisotopic (exact) mass is 554 g/mol. The number of nitrogens with one attached hydrogen (secondary N) is 2. The molecule has 37 heavy (non-hydrogen) atoms. The van der Waals surface area contributed by atoms with Gasteiger partial charge in [0.1, 0.15) is 11.6 Å². The molecule has 3 aromatic carbocycles. The Morgan fingerprint density at radius 2 is 1.51 bits per heavy atom. The van der Waals surface area contributed by atoms with Gasteiger partial charge in [0.15, 0.2) is 0 Å². The molecule has 0 aliphatic heterocycles. The van der Waals surface area contributed by atoms with Crippen molar-refractivity contribution in [1.29, 1.82) is 0 Å². The molecule has 4 rings (SSSR count). The maximum atomic E-state index is 13.2. The van der Waals surface area contributed by atoms with Crippen LogP contribution >= 0.6 is 23.2 Å². The Balaban J connectivity index is 1.50. The number of hydrogen-bond donors (Lipinski definition) is 2. The highest BCUT2D eigenvalue weighted by atomic mass is 35.5. The number of anilines is 2. The van der Waals surface area contributed by atoms with E-state index in [1.54, 1.807) is 13.8 Å². The van der Waals surface area contributed by atoms with E-state index in [9.17, 15) is 27.2 Å². The van der Waals surface area contributed by atoms with Gasteiger partial charge in [-0.25, -0.2) is 4.39 Å². The summed E-state index contributed by atoms with van der Waals surface area (Å²) in [5, 5.41) is 5.48. The van der Waals surface area contributed by atoms with Crippen molar-refractivity contribution >= 4 is 46.4 Å². The van der Waals surface area contributed by atoms with Gasteiger partial charge >= 0.3 is 6.36 Å². The summed E-state index contributed by atoms with van der Waals surface area (Å²) in [7, 11) is 0. The lowest BCUT2D eigenvalue weighted by Crippen LogP contribution is -2.20. The SMILES string of the molecule is CC1(Cl)C(C(=O)Nc2ccc(Cl)c(C(=O)Nc3ccc(F)cc3)c2)C1(C)c1ccc(OC(F)(F)F)cc1. The van der Waals surface area contributed by atoms with Gasteiger partial charge in [-0.1, -0.05) is 30.7 Å². The molecule has 2 N–H and O–H groups in total. The first-order chi connectivity index (χ1) is 17.2. The van der Waals surface area contributed by atoms with E-state index in [1.807, 2.05) is 0 Å². The van der Waals surface area contributed by atoms with Crippen molar-refractivity contribution in [2.75, 3.05) is 10.6 Å². The van der Waals surface area contributed by atoms with Crippen LogP contribution in [0, 0.1) is 11.7 Å². The van der Waals surface area contributed by atoms with E-state index >= 15 is 0 Å². The molecule has 11 heteroatoms. The van der Waals surface area contributed by atoms with Gasteiger partial charge in [0, 0.05) is 16.8 Å². The van der Waals surface area contributed by atoms with Crippen LogP contribution in [0.4, 0.5) is 28.9 Å². The smallest absolute Gasteiger partial charge is 0.406 e. The molecule has 3 unspecified atom stereocenters. The van der Waals surface area contributed by atoms with Crippen molar-refractivity contribution in [3.63, 3.8) is 0 Å². The van der Waals surface area contributed by atoms with Crippen LogP contribution in [0.2, 0.25) is 5.02 Å². The van der Waals surface area contributed by atoms with E-state index in [-0.39, 0.29) is 22.0 Å². The molecule has 0 heterocycles. The summed E-state index contributed by atoms with van der Waals surface area (Å²) < 4.78 is 54.4. The number of ether oxygens (including phenoxy) is 1. The Kier molecular flexibility index (Phi) is 6.90. The second-order valence-corrected chi connectivity index (χ2v) is 10.1. The van der Waals surface area contributed by atoms with Crippen molar-refractivity contribution in [2.45, 2.75) is 30.5 Å². The molecule has 3 atom stereocenters. The highest BCUT2D eigenvalue weighted by Crippen LogP contribution is 2.67. The number of carbonyl (C=O) groups is 2. The summed E-state index contributed by atoms with van der Waals surface area (Å²) in [6.45, 7) is 3.41. The number of benzene rings is 3. The first kappa shape index (κ1) is 26.8. The minimum Gasteiger partial charge on any atom is -0.406 e. The molecule has 0 aromatic heterocycles. The molecule has 1 aliphatic carbocycles. The van der Waals surface area contributed by atoms with Gasteiger partial charge < -0.3 is 15.4 Å². The van der Waals surface area contributed by atoms with Gasteiger partial charge in [0.25, 0.3) is 5.91 Å². The van der Waals surface area contributed by atoms with Crippen molar-refractivity contribution in [1.82, 2.24) is 0 Å². The lowest BCUT2D eigenvalue weighted by molar-refractivity contribution is -0.274. The van der Waals surface area contributed by atoms with E-state index in [1.165, 1.54) is 66.7 Å². The molecule has 1 aliphatic rings. The zero-order valence-corrected chi connectivity index (χ0v) is 20.9. The quantitative estimate of drug-likeness (QED) is 0.251. The van der Waals surface area contributed by atoms with Gasteiger partial charge in [-0.3, -0.25) is 9.59 Å². The standard InChI is InChI=1S/C26H20Cl2F4N2O3/c1-24(14-3-10-18(11-4-14)37-26(30,31)32)21(25(24,2)28)23(36)34-17-9-12-20(27)19(13-17)22(35)33-16-7-5-15(29)6-8-16/h3-13,21H,1-2H3,(H,33,35)(H,34,36). The third-order valence-electron chi connectivity index (χ3n) is 6.58. The third-order valence-corrected chi connectivity index (χ3v) is 7.52. The van der Waals surface area contributed by atoms with Crippen molar-refractivity contribution in [3.05, 3.63) is 88.7 Å². The molecule has 194 valence electrons. The Bertz CT molecular complexity index is 1350. The van der Waals surface area contributed by atoms with Crippen molar-refractivity contribution < 1.29 is 31.9 Å². The first-order valence-corrected chi connectivity index (χ1v) is 11.7. The van der Waals surface area contributed by atoms with E-state index in [2.05, 4.69) is 15.4 Å². The van der Waals surface area contributed by atoms with Gasteiger partial charge in [-0.15, -0.1) is 24.8 Å². The van der Waals surface area contributed by atoms with Crippen LogP contribution in [-0.2, 0) is 10.2 Å². The van der Waals surface area contributed by atoms with E-state index in [0.717, 1.165) is 0 Å². The van der Waals surface area contributed by atoms with Crippen LogP contribution in [0.15, 0.2) is 66.7 Å². The highest BCUT2D eigenvalue weighted by molar-refractivity contribution is 6.34. The number of rotatable bonds is 6. The minimum atomic E-state index is -4.82. The number of carbonyl (C=O) groups excluding carboxylic acids is 2. The van der Waals surface area contributed by atoms with Crippen LogP contribution in [0.25, 0.3) is 0 Å². The summed E-state index contributed by atoms with van der Waals surface area (Å²) >= 11 is 12.9. The van der Waals surface area contributed by atoms with Gasteiger partial charge in [0.05, 0.1) is 21.4 Å². The van der Waals surface area contributed by atoms with Crippen LogP contribution in [0.1, 0.15) is 29.8 Å². The molecule has 1 fully saturated rings. The van der Waals surface area contributed by atoms with Crippen molar-refractivity contribution in [3.8, 4) is 5.75 Å². The van der Waals surface area contributed by atoms with Crippen molar-refractivity contribution in [2.24, 2.45) is 5.92 Å². The number of alkyl halides is 4. The number of halogens is 6. The second-order valence-electron chi connectivity index (χ2n) is 8.93. The topological polar surface area (TPSA) is 67.4 Å². The first-order valence-electron chi connectivity index (χ1n) is 10.9.